The highest BCUT2D eigenvalue weighted by Crippen LogP contribution is 2.20. The van der Waals surface area contributed by atoms with Gasteiger partial charge in [-0.25, -0.2) is 0 Å². The zero-order valence-corrected chi connectivity index (χ0v) is 12.3. The molecule has 0 heterocycles. The fourth-order valence-corrected chi connectivity index (χ4v) is 2.07. The summed E-state index contributed by atoms with van der Waals surface area (Å²) in [6, 6.07) is 12.3. The quantitative estimate of drug-likeness (QED) is 0.929. The smallest absolute Gasteiger partial charge is 0.253 e. The molecule has 0 aliphatic heterocycles. The molecule has 0 bridgehead atoms. The van der Waals surface area contributed by atoms with Crippen molar-refractivity contribution in [3.05, 3.63) is 63.6 Å². The van der Waals surface area contributed by atoms with Crippen LogP contribution in [-0.2, 0) is 6.54 Å². The topological polar surface area (TPSA) is 38.3 Å². The summed E-state index contributed by atoms with van der Waals surface area (Å²) in [6.45, 7) is 0.408. The zero-order valence-electron chi connectivity index (χ0n) is 10.8. The van der Waals surface area contributed by atoms with Crippen molar-refractivity contribution in [1.82, 2.24) is 5.32 Å². The third-order valence-electron chi connectivity index (χ3n) is 2.79. The molecule has 0 radical (unpaired) electrons. The van der Waals surface area contributed by atoms with Gasteiger partial charge in [0.05, 0.1) is 17.7 Å². The Morgan fingerprint density at radius 1 is 1.15 bits per heavy atom. The molecule has 0 saturated carbocycles. The van der Waals surface area contributed by atoms with E-state index in [9.17, 15) is 4.79 Å². The van der Waals surface area contributed by atoms with Gasteiger partial charge < -0.3 is 10.1 Å². The molecule has 0 atom stereocenters. The summed E-state index contributed by atoms with van der Waals surface area (Å²) in [4.78, 5) is 12.0. The summed E-state index contributed by atoms with van der Waals surface area (Å²) in [7, 11) is 1.61. The number of nitrogens with one attached hydrogen (secondary N) is 1. The summed E-state index contributed by atoms with van der Waals surface area (Å²) in [6.07, 6.45) is 0. The highest BCUT2D eigenvalue weighted by Gasteiger charge is 2.10. The lowest BCUT2D eigenvalue weighted by Crippen LogP contribution is -2.23. The molecule has 2 aromatic rings. The van der Waals surface area contributed by atoms with E-state index >= 15 is 0 Å². The van der Waals surface area contributed by atoms with Crippen molar-refractivity contribution in [3.8, 4) is 5.75 Å². The summed E-state index contributed by atoms with van der Waals surface area (Å²) < 4.78 is 5.07. The average Bonchev–Trinajstić information content (AvgIpc) is 2.47. The highest BCUT2D eigenvalue weighted by atomic mass is 35.5. The molecule has 0 aliphatic carbocycles. The Kier molecular flexibility index (Phi) is 4.88. The first kappa shape index (κ1) is 14.7. The van der Waals surface area contributed by atoms with Gasteiger partial charge in [-0.3, -0.25) is 4.79 Å². The number of amides is 1. The molecule has 0 spiro atoms. The normalized spacial score (nSPS) is 10.2. The Morgan fingerprint density at radius 3 is 2.50 bits per heavy atom. The Balaban J connectivity index is 2.02. The van der Waals surface area contributed by atoms with Crippen molar-refractivity contribution in [1.29, 1.82) is 0 Å². The van der Waals surface area contributed by atoms with E-state index in [1.54, 1.807) is 25.3 Å². The van der Waals surface area contributed by atoms with Gasteiger partial charge >= 0.3 is 0 Å². The molecule has 1 amide bonds. The van der Waals surface area contributed by atoms with Crippen LogP contribution in [0.4, 0.5) is 0 Å². The predicted molar refractivity (Wildman–Crippen MR) is 80.6 cm³/mol. The Hall–Kier alpha value is -1.71. The molecular weight excluding hydrogens is 297 g/mol. The predicted octanol–water partition coefficient (Wildman–Crippen LogP) is 3.93. The number of carbonyl (C=O) groups excluding carboxylic acids is 1. The molecule has 0 fully saturated rings. The minimum Gasteiger partial charge on any atom is -0.497 e. The van der Waals surface area contributed by atoms with Gasteiger partial charge in [0.15, 0.2) is 0 Å². The Bertz CT molecular complexity index is 612. The maximum atomic E-state index is 12.0. The summed E-state index contributed by atoms with van der Waals surface area (Å²) in [5.41, 5.74) is 1.34. The summed E-state index contributed by atoms with van der Waals surface area (Å²) in [5, 5.41) is 3.65. The van der Waals surface area contributed by atoms with Crippen LogP contribution in [0.3, 0.4) is 0 Å². The van der Waals surface area contributed by atoms with Crippen molar-refractivity contribution >= 4 is 29.1 Å². The second-order valence-electron chi connectivity index (χ2n) is 4.15. The largest absolute Gasteiger partial charge is 0.497 e. The lowest BCUT2D eigenvalue weighted by atomic mass is 10.2. The second kappa shape index (κ2) is 6.64. The first-order valence-corrected chi connectivity index (χ1v) is 6.72. The van der Waals surface area contributed by atoms with E-state index in [1.807, 2.05) is 24.3 Å². The van der Waals surface area contributed by atoms with Gasteiger partial charge in [-0.2, -0.15) is 0 Å². The van der Waals surface area contributed by atoms with Gasteiger partial charge in [0.2, 0.25) is 0 Å². The minimum atomic E-state index is -0.256. The maximum Gasteiger partial charge on any atom is 0.253 e. The van der Waals surface area contributed by atoms with E-state index in [4.69, 9.17) is 27.9 Å². The molecule has 1 N–H and O–H groups in total. The molecule has 3 nitrogen and oxygen atoms in total. The Labute approximate surface area is 127 Å². The van der Waals surface area contributed by atoms with E-state index in [-0.39, 0.29) is 5.91 Å². The van der Waals surface area contributed by atoms with Gasteiger partial charge in [0.25, 0.3) is 5.91 Å². The number of ether oxygens (including phenoxy) is 1. The van der Waals surface area contributed by atoms with Crippen molar-refractivity contribution in [2.45, 2.75) is 6.54 Å². The van der Waals surface area contributed by atoms with Crippen molar-refractivity contribution in [2.75, 3.05) is 7.11 Å². The number of methoxy groups -OCH3 is 1. The number of halogens is 2. The van der Waals surface area contributed by atoms with E-state index < -0.39 is 0 Å². The van der Waals surface area contributed by atoms with Crippen LogP contribution in [0.1, 0.15) is 15.9 Å². The van der Waals surface area contributed by atoms with Gasteiger partial charge in [0, 0.05) is 11.6 Å². The number of carbonyl (C=O) groups is 1. The van der Waals surface area contributed by atoms with Crippen LogP contribution in [0.15, 0.2) is 42.5 Å². The first-order chi connectivity index (χ1) is 9.60. The van der Waals surface area contributed by atoms with Gasteiger partial charge in [-0.1, -0.05) is 35.3 Å². The average molecular weight is 310 g/mol. The first-order valence-electron chi connectivity index (χ1n) is 5.96. The molecule has 20 heavy (non-hydrogen) atoms. The highest BCUT2D eigenvalue weighted by molar-refractivity contribution is 6.35. The molecule has 5 heteroatoms. The van der Waals surface area contributed by atoms with Crippen molar-refractivity contribution in [2.24, 2.45) is 0 Å². The zero-order chi connectivity index (χ0) is 14.5. The molecule has 104 valence electrons. The summed E-state index contributed by atoms with van der Waals surface area (Å²) in [5.74, 6) is 0.520. The van der Waals surface area contributed by atoms with Crippen LogP contribution in [-0.4, -0.2) is 13.0 Å². The van der Waals surface area contributed by atoms with E-state index in [0.717, 1.165) is 11.3 Å². The number of hydrogen-bond acceptors (Lipinski definition) is 2. The third kappa shape index (κ3) is 3.65. The molecule has 0 aliphatic rings. The van der Waals surface area contributed by atoms with E-state index in [0.29, 0.717) is 22.2 Å². The number of benzene rings is 2. The lowest BCUT2D eigenvalue weighted by Gasteiger charge is -2.08. The third-order valence-corrected chi connectivity index (χ3v) is 3.35. The van der Waals surface area contributed by atoms with Crippen LogP contribution < -0.4 is 10.1 Å². The minimum absolute atomic E-state index is 0.256. The van der Waals surface area contributed by atoms with Crippen LogP contribution in [0.5, 0.6) is 5.75 Å². The van der Waals surface area contributed by atoms with Gasteiger partial charge in [-0.05, 0) is 35.9 Å². The molecular formula is C15H13Cl2NO2. The molecule has 0 saturated heterocycles. The lowest BCUT2D eigenvalue weighted by molar-refractivity contribution is 0.0951. The van der Waals surface area contributed by atoms with Crippen molar-refractivity contribution < 1.29 is 9.53 Å². The summed E-state index contributed by atoms with van der Waals surface area (Å²) >= 11 is 11.8. The monoisotopic (exact) mass is 309 g/mol. The van der Waals surface area contributed by atoms with Crippen LogP contribution in [0.2, 0.25) is 10.0 Å². The molecule has 0 unspecified atom stereocenters. The molecule has 0 aromatic heterocycles. The van der Waals surface area contributed by atoms with Gasteiger partial charge in [-0.15, -0.1) is 0 Å². The molecule has 2 aromatic carbocycles. The van der Waals surface area contributed by atoms with Gasteiger partial charge in [0.1, 0.15) is 5.75 Å². The SMILES string of the molecule is COc1ccc(CNC(=O)c2cc(Cl)ccc2Cl)cc1. The molecule has 2 rings (SSSR count). The van der Waals surface area contributed by atoms with E-state index in [1.165, 1.54) is 0 Å². The standard InChI is InChI=1S/C15H13Cl2NO2/c1-20-12-5-2-10(3-6-12)9-18-15(19)13-8-11(16)4-7-14(13)17/h2-8H,9H2,1H3,(H,18,19). The number of rotatable bonds is 4. The fraction of sp³-hybridized carbons (Fsp3) is 0.133. The fourth-order valence-electron chi connectivity index (χ4n) is 1.69. The van der Waals surface area contributed by atoms with Crippen LogP contribution in [0, 0.1) is 0 Å². The Morgan fingerprint density at radius 2 is 1.85 bits per heavy atom. The second-order valence-corrected chi connectivity index (χ2v) is 5.00. The van der Waals surface area contributed by atoms with Crippen molar-refractivity contribution in [3.63, 3.8) is 0 Å². The van der Waals surface area contributed by atoms with E-state index in [2.05, 4.69) is 5.32 Å². The van der Waals surface area contributed by atoms with Crippen LogP contribution >= 0.6 is 23.2 Å². The number of hydrogen-bond donors (Lipinski definition) is 1. The van der Waals surface area contributed by atoms with Crippen LogP contribution in [0.25, 0.3) is 0 Å². The maximum absolute atomic E-state index is 12.0.